The molecule has 1 atom stereocenters. The van der Waals surface area contributed by atoms with Gasteiger partial charge in [-0.05, 0) is 98.0 Å². The van der Waals surface area contributed by atoms with Crippen LogP contribution in [-0.2, 0) is 39.8 Å². The van der Waals surface area contributed by atoms with Gasteiger partial charge in [-0.1, -0.05) is 6.42 Å². The number of carbonyl (C=O) groups excluding carboxylic acids is 4. The molecule has 3 aliphatic heterocycles. The molecule has 350 valence electrons. The Balaban J connectivity index is 1.17. The van der Waals surface area contributed by atoms with Crippen LogP contribution in [0.15, 0.2) is 71.9 Å². The molecule has 2 aromatic carbocycles. The quantitative estimate of drug-likeness (QED) is 0.0228. The van der Waals surface area contributed by atoms with Crippen molar-refractivity contribution in [1.82, 2.24) is 20.2 Å². The fraction of sp³-hybridized carbons (Fsp3) is 0.444. The number of hydrogen-bond acceptors (Lipinski definition) is 12. The van der Waals surface area contributed by atoms with Crippen LogP contribution < -0.4 is 25.4 Å². The molecule has 1 saturated heterocycles. The lowest BCUT2D eigenvalue weighted by Crippen LogP contribution is -2.51. The average molecular weight is 923 g/mol. The predicted molar refractivity (Wildman–Crippen MR) is 239 cm³/mol. The average Bonchev–Trinajstić information content (AvgIpc) is 3.95. The van der Waals surface area contributed by atoms with E-state index in [4.69, 9.17) is 14.3 Å². The SMILES string of the molecule is COc1ccc(C2=[N+]3C(=Cc4c(CCC[N+](C)(C)C)cc(-c5ccc(OC)cc5)n4[B-]3(F)F)C(CCC(=O)NC(CNCCCCCC(=O)ON3C(=O)CCC3=O)CSOO[O-])=C2)cc1. The predicted octanol–water partition coefficient (Wildman–Crippen LogP) is 4.72. The molecule has 2 N–H and O–H groups in total. The lowest BCUT2D eigenvalue weighted by molar-refractivity contribution is -0.870. The Hall–Kier alpha value is -5.38. The number of aryl methyl sites for hydroxylation is 1. The lowest BCUT2D eigenvalue weighted by atomic mass is 9.87. The summed E-state index contributed by atoms with van der Waals surface area (Å²) in [4.78, 5) is 54.0. The Labute approximate surface area is 381 Å². The summed E-state index contributed by atoms with van der Waals surface area (Å²) in [5.41, 5.74) is 4.02. The maximum absolute atomic E-state index is 17.7. The molecule has 0 radical (unpaired) electrons. The van der Waals surface area contributed by atoms with Gasteiger partial charge in [-0.25, -0.2) is 4.79 Å². The highest BCUT2D eigenvalue weighted by Gasteiger charge is 2.55. The van der Waals surface area contributed by atoms with Crippen molar-refractivity contribution in [3.63, 3.8) is 0 Å². The van der Waals surface area contributed by atoms with Crippen molar-refractivity contribution in [2.24, 2.45) is 0 Å². The molecule has 0 bridgehead atoms. The number of allylic oxidation sites excluding steroid dienone is 2. The van der Waals surface area contributed by atoms with Gasteiger partial charge in [0.2, 0.25) is 5.91 Å². The monoisotopic (exact) mass is 922 g/mol. The molecule has 3 amide bonds. The number of rotatable bonds is 25. The van der Waals surface area contributed by atoms with Crippen LogP contribution in [0.5, 0.6) is 11.5 Å². The molecule has 3 aromatic rings. The molecule has 0 aliphatic carbocycles. The fourth-order valence-corrected chi connectivity index (χ4v) is 8.60. The number of ether oxygens (including phenoxy) is 2. The third kappa shape index (κ3) is 12.5. The minimum absolute atomic E-state index is 0.0231. The number of nitrogens with one attached hydrogen (secondary N) is 2. The number of carbonyl (C=O) groups is 4. The van der Waals surface area contributed by atoms with Crippen LogP contribution in [0.3, 0.4) is 0 Å². The van der Waals surface area contributed by atoms with Crippen LogP contribution in [0.2, 0.25) is 0 Å². The van der Waals surface area contributed by atoms with Gasteiger partial charge in [0.15, 0.2) is 11.4 Å². The van der Waals surface area contributed by atoms with E-state index in [9.17, 15) is 24.4 Å². The minimum atomic E-state index is -4.48. The van der Waals surface area contributed by atoms with E-state index in [-0.39, 0.29) is 43.8 Å². The molecule has 0 spiro atoms. The second-order valence-electron chi connectivity index (χ2n) is 17.2. The highest BCUT2D eigenvalue weighted by Crippen LogP contribution is 2.42. The molecular formula is C45H57BF2N6O10S. The highest BCUT2D eigenvalue weighted by atomic mass is 32.2. The summed E-state index contributed by atoms with van der Waals surface area (Å²) in [5, 5.41) is 20.8. The Morgan fingerprint density at radius 2 is 1.55 bits per heavy atom. The molecule has 0 saturated carbocycles. The Morgan fingerprint density at radius 3 is 2.18 bits per heavy atom. The first-order valence-corrected chi connectivity index (χ1v) is 22.6. The van der Waals surface area contributed by atoms with Gasteiger partial charge in [-0.15, -0.1) is 5.06 Å². The van der Waals surface area contributed by atoms with E-state index < -0.39 is 30.8 Å². The maximum Gasteiger partial charge on any atom is 0.737 e. The van der Waals surface area contributed by atoms with Crippen molar-refractivity contribution in [3.05, 3.63) is 88.8 Å². The van der Waals surface area contributed by atoms with E-state index >= 15 is 8.63 Å². The number of hydroxylamine groups is 2. The zero-order chi connectivity index (χ0) is 46.7. The first kappa shape index (κ1) is 49.1. The molecule has 65 heavy (non-hydrogen) atoms. The standard InChI is InChI=1S/C45H57BF2N6O10S/c1-54(2,3)25-9-10-33-26-38(31-12-17-36(60-4)18-13-31)51-40(33)28-41-34(27-39(52(41)46(51,47)48)32-14-19-37(61-5)20-15-32)16-21-42(55)50-35(30-65-64-63-59)29-49-24-8-6-7-11-45(58)62-53-43(56)22-23-44(53)57/h12-15,17-20,26-28,35,49H,6-11,16,21-25,29-30H2,1-5H3,(H-,50,55,59). The van der Waals surface area contributed by atoms with Crippen molar-refractivity contribution in [3.8, 4) is 22.8 Å². The van der Waals surface area contributed by atoms with Crippen LogP contribution in [0.4, 0.5) is 8.63 Å². The van der Waals surface area contributed by atoms with Gasteiger partial charge < -0.3 is 52.3 Å². The first-order valence-electron chi connectivity index (χ1n) is 21.7. The van der Waals surface area contributed by atoms with Gasteiger partial charge in [0, 0.05) is 91.1 Å². The van der Waals surface area contributed by atoms with Crippen LogP contribution in [-0.4, -0.2) is 122 Å². The van der Waals surface area contributed by atoms with Crippen LogP contribution >= 0.6 is 12.0 Å². The van der Waals surface area contributed by atoms with Gasteiger partial charge in [0.25, 0.3) is 11.8 Å². The molecule has 6 rings (SSSR count). The zero-order valence-corrected chi connectivity index (χ0v) is 38.3. The molecule has 20 heteroatoms. The third-order valence-corrected chi connectivity index (χ3v) is 12.1. The van der Waals surface area contributed by atoms with Crippen molar-refractivity contribution in [2.75, 3.05) is 60.7 Å². The second kappa shape index (κ2) is 22.2. The number of hydrogen-bond donors (Lipinski definition) is 2. The van der Waals surface area contributed by atoms with Crippen molar-refractivity contribution < 1.29 is 65.7 Å². The van der Waals surface area contributed by atoms with E-state index in [2.05, 4.69) is 41.1 Å². The van der Waals surface area contributed by atoms with Crippen LogP contribution in [0.25, 0.3) is 17.3 Å². The topological polar surface area (TPSA) is 173 Å². The van der Waals surface area contributed by atoms with E-state index in [1.54, 1.807) is 61.7 Å². The van der Waals surface area contributed by atoms with Crippen LogP contribution in [0.1, 0.15) is 74.6 Å². The molecule has 1 unspecified atom stereocenters. The Bertz CT molecular complexity index is 2280. The minimum Gasteiger partial charge on any atom is -0.691 e. The summed E-state index contributed by atoms with van der Waals surface area (Å²) in [6.45, 7) is -2.80. The number of quaternary nitrogens is 1. The Kier molecular flexibility index (Phi) is 16.8. The first-order chi connectivity index (χ1) is 31.1. The summed E-state index contributed by atoms with van der Waals surface area (Å²) in [7, 11) is 9.40. The molecule has 1 aromatic heterocycles. The van der Waals surface area contributed by atoms with Crippen molar-refractivity contribution in [2.45, 2.75) is 70.3 Å². The molecule has 4 heterocycles. The Morgan fingerprint density at radius 1 is 0.892 bits per heavy atom. The number of imide groups is 1. The second-order valence-corrected chi connectivity index (χ2v) is 17.9. The number of unbranched alkanes of at least 4 members (excludes halogenated alkanes) is 2. The van der Waals surface area contributed by atoms with Crippen LogP contribution in [0, 0.1) is 0 Å². The van der Waals surface area contributed by atoms with E-state index in [1.807, 2.05) is 12.1 Å². The number of methoxy groups -OCH3 is 2. The molecule has 16 nitrogen and oxygen atoms in total. The van der Waals surface area contributed by atoms with E-state index in [0.717, 1.165) is 39.5 Å². The number of benzene rings is 2. The summed E-state index contributed by atoms with van der Waals surface area (Å²) in [5.74, 6) is -0.691. The molecular weight excluding hydrogens is 865 g/mol. The zero-order valence-electron chi connectivity index (χ0n) is 37.4. The van der Waals surface area contributed by atoms with Gasteiger partial charge in [0.05, 0.1) is 47.9 Å². The van der Waals surface area contributed by atoms with Gasteiger partial charge >= 0.3 is 12.9 Å². The summed E-state index contributed by atoms with van der Waals surface area (Å²) in [6, 6.07) is 15.4. The van der Waals surface area contributed by atoms with Gasteiger partial charge in [0.1, 0.15) is 11.5 Å². The van der Waals surface area contributed by atoms with Gasteiger partial charge in [-0.2, -0.15) is 4.33 Å². The highest BCUT2D eigenvalue weighted by molar-refractivity contribution is 7.94. The smallest absolute Gasteiger partial charge is 0.691 e. The van der Waals surface area contributed by atoms with Gasteiger partial charge in [-0.3, -0.25) is 19.4 Å². The molecule has 1 fully saturated rings. The van der Waals surface area contributed by atoms with Crippen molar-refractivity contribution in [1.29, 1.82) is 0 Å². The normalized spacial score (nSPS) is 16.0. The number of halogens is 2. The maximum atomic E-state index is 17.7. The largest absolute Gasteiger partial charge is 0.737 e. The fourth-order valence-electron chi connectivity index (χ4n) is 8.14. The van der Waals surface area contributed by atoms with E-state index in [1.165, 1.54) is 11.6 Å². The van der Waals surface area contributed by atoms with E-state index in [0.29, 0.717) is 94.8 Å². The number of aromatic nitrogens is 1. The number of fused-ring (bicyclic) bond motifs is 2. The molecule has 3 aliphatic rings. The lowest BCUT2D eigenvalue weighted by Gasteiger charge is -2.32. The summed E-state index contributed by atoms with van der Waals surface area (Å²) >= 11 is 0.731. The summed E-state index contributed by atoms with van der Waals surface area (Å²) in [6.07, 6.45) is 6.95. The third-order valence-electron chi connectivity index (χ3n) is 11.4. The van der Waals surface area contributed by atoms with Crippen molar-refractivity contribution >= 4 is 54.5 Å². The summed E-state index contributed by atoms with van der Waals surface area (Å²) < 4.78 is 53.7. The number of nitrogens with zero attached hydrogens (tertiary/aromatic N) is 4. The number of amides is 3.